The van der Waals surface area contributed by atoms with E-state index >= 15 is 0 Å². The second-order valence-corrected chi connectivity index (χ2v) is 7.57. The normalized spacial score (nSPS) is 14.8. The van der Waals surface area contributed by atoms with Crippen molar-refractivity contribution >= 4 is 16.9 Å². The number of benzene rings is 2. The maximum Gasteiger partial charge on any atom is 0.150 e. The van der Waals surface area contributed by atoms with E-state index in [9.17, 15) is 0 Å². The Morgan fingerprint density at radius 3 is 2.43 bits per heavy atom. The van der Waals surface area contributed by atoms with Gasteiger partial charge in [-0.25, -0.2) is 9.97 Å². The van der Waals surface area contributed by atoms with E-state index in [4.69, 9.17) is 4.74 Å². The maximum atomic E-state index is 5.47. The van der Waals surface area contributed by atoms with Gasteiger partial charge in [-0.1, -0.05) is 48.5 Å². The Morgan fingerprint density at radius 1 is 0.933 bits per heavy atom. The third kappa shape index (κ3) is 3.79. The van der Waals surface area contributed by atoms with Gasteiger partial charge in [0, 0.05) is 17.4 Å². The number of hydrogen-bond acceptors (Lipinski definition) is 4. The average Bonchev–Trinajstić information content (AvgIpc) is 3.22. The van der Waals surface area contributed by atoms with Crippen molar-refractivity contribution in [3.05, 3.63) is 73.2 Å². The molecule has 0 atom stereocenters. The number of anilines is 1. The number of aromatic nitrogens is 3. The van der Waals surface area contributed by atoms with Crippen LogP contribution in [0.2, 0.25) is 0 Å². The zero-order valence-electron chi connectivity index (χ0n) is 16.9. The predicted molar refractivity (Wildman–Crippen MR) is 119 cm³/mol. The highest BCUT2D eigenvalue weighted by Gasteiger charge is 2.18. The smallest absolute Gasteiger partial charge is 0.150 e. The lowest BCUT2D eigenvalue weighted by atomic mass is 10.1. The van der Waals surface area contributed by atoms with E-state index in [1.807, 2.05) is 12.1 Å². The predicted octanol–water partition coefficient (Wildman–Crippen LogP) is 2.41. The first-order valence-corrected chi connectivity index (χ1v) is 10.5. The summed E-state index contributed by atoms with van der Waals surface area (Å²) in [6.45, 7) is 5.76. The van der Waals surface area contributed by atoms with Crippen molar-refractivity contribution in [1.29, 1.82) is 0 Å². The molecule has 0 unspecified atom stereocenters. The Balaban J connectivity index is 1.53. The van der Waals surface area contributed by atoms with Crippen LogP contribution in [0.15, 0.2) is 73.2 Å². The summed E-state index contributed by atoms with van der Waals surface area (Å²) < 4.78 is 7.62. The molecule has 0 aliphatic carbocycles. The number of rotatable bonds is 6. The Bertz CT molecular complexity index is 1100. The van der Waals surface area contributed by atoms with E-state index in [0.29, 0.717) is 0 Å². The van der Waals surface area contributed by atoms with Gasteiger partial charge >= 0.3 is 0 Å². The molecule has 1 fully saturated rings. The SMILES string of the molecule is c1ccc(-c2cn(-c3ccccc3)c3ncnc(NCC[NH+]4CCOCC4)c23)cc1. The van der Waals surface area contributed by atoms with E-state index in [1.54, 1.807) is 11.2 Å². The number of para-hydroxylation sites is 1. The molecule has 6 heteroatoms. The summed E-state index contributed by atoms with van der Waals surface area (Å²) in [5, 5.41) is 4.64. The highest BCUT2D eigenvalue weighted by Crippen LogP contribution is 2.35. The molecule has 0 bridgehead atoms. The first-order chi connectivity index (χ1) is 14.9. The number of hydrogen-bond donors (Lipinski definition) is 2. The fourth-order valence-corrected chi connectivity index (χ4v) is 4.09. The largest absolute Gasteiger partial charge is 0.370 e. The average molecular weight is 401 g/mol. The highest BCUT2D eigenvalue weighted by molar-refractivity contribution is 6.02. The molecule has 2 N–H and O–H groups in total. The standard InChI is InChI=1S/C24H25N5O/c1-3-7-19(8-4-1)21-17-29(20-9-5-2-6-10-20)24-22(21)23(26-18-27-24)25-11-12-28-13-15-30-16-14-28/h1-10,17-18H,11-16H2,(H,25,26,27)/p+1. The van der Waals surface area contributed by atoms with Crippen LogP contribution in [0.3, 0.4) is 0 Å². The molecular weight excluding hydrogens is 374 g/mol. The number of quaternary nitrogens is 1. The number of morpholine rings is 1. The summed E-state index contributed by atoms with van der Waals surface area (Å²) in [6.07, 6.45) is 3.82. The number of nitrogens with zero attached hydrogens (tertiary/aromatic N) is 3. The van der Waals surface area contributed by atoms with E-state index in [0.717, 1.165) is 73.1 Å². The minimum atomic E-state index is 0.852. The molecule has 0 saturated carbocycles. The summed E-state index contributed by atoms with van der Waals surface area (Å²) in [5.41, 5.74) is 4.30. The minimum Gasteiger partial charge on any atom is -0.370 e. The van der Waals surface area contributed by atoms with Crippen LogP contribution in [0.1, 0.15) is 0 Å². The van der Waals surface area contributed by atoms with Crippen molar-refractivity contribution in [3.8, 4) is 16.8 Å². The lowest BCUT2D eigenvalue weighted by Crippen LogP contribution is -3.14. The first kappa shape index (κ1) is 18.8. The molecule has 0 amide bonds. The van der Waals surface area contributed by atoms with Crippen molar-refractivity contribution in [1.82, 2.24) is 14.5 Å². The number of nitrogens with one attached hydrogen (secondary N) is 2. The minimum absolute atomic E-state index is 0.852. The highest BCUT2D eigenvalue weighted by atomic mass is 16.5. The molecule has 1 saturated heterocycles. The molecule has 152 valence electrons. The molecule has 4 aromatic rings. The monoisotopic (exact) mass is 400 g/mol. The second-order valence-electron chi connectivity index (χ2n) is 7.57. The van der Waals surface area contributed by atoms with Gasteiger partial charge in [-0.3, -0.25) is 0 Å². The molecule has 1 aliphatic rings. The zero-order valence-corrected chi connectivity index (χ0v) is 16.9. The van der Waals surface area contributed by atoms with Crippen LogP contribution < -0.4 is 10.2 Å². The van der Waals surface area contributed by atoms with E-state index < -0.39 is 0 Å². The Labute approximate surface area is 176 Å². The van der Waals surface area contributed by atoms with Crippen molar-refractivity contribution in [2.24, 2.45) is 0 Å². The molecule has 6 nitrogen and oxygen atoms in total. The van der Waals surface area contributed by atoms with Gasteiger partial charge in [0.25, 0.3) is 0 Å². The van der Waals surface area contributed by atoms with Gasteiger partial charge < -0.3 is 19.5 Å². The fourth-order valence-electron chi connectivity index (χ4n) is 4.09. The van der Waals surface area contributed by atoms with Crippen LogP contribution in [0.25, 0.3) is 27.8 Å². The first-order valence-electron chi connectivity index (χ1n) is 10.5. The van der Waals surface area contributed by atoms with Crippen LogP contribution in [-0.2, 0) is 4.74 Å². The maximum absolute atomic E-state index is 5.47. The van der Waals surface area contributed by atoms with Gasteiger partial charge in [-0.15, -0.1) is 0 Å². The zero-order chi connectivity index (χ0) is 20.2. The van der Waals surface area contributed by atoms with Crippen molar-refractivity contribution < 1.29 is 9.64 Å². The molecule has 1 aliphatic heterocycles. The van der Waals surface area contributed by atoms with E-state index in [-0.39, 0.29) is 0 Å². The second kappa shape index (κ2) is 8.65. The summed E-state index contributed by atoms with van der Waals surface area (Å²) in [5.74, 6) is 0.890. The Morgan fingerprint density at radius 2 is 1.67 bits per heavy atom. The Hall–Kier alpha value is -3.22. The van der Waals surface area contributed by atoms with Crippen LogP contribution in [0.4, 0.5) is 5.82 Å². The summed E-state index contributed by atoms with van der Waals surface area (Å²) in [7, 11) is 0. The van der Waals surface area contributed by atoms with Gasteiger partial charge in [0.15, 0.2) is 5.65 Å². The van der Waals surface area contributed by atoms with Gasteiger partial charge in [0.2, 0.25) is 0 Å². The molecule has 2 aromatic carbocycles. The van der Waals surface area contributed by atoms with Crippen LogP contribution in [0, 0.1) is 0 Å². The number of fused-ring (bicyclic) bond motifs is 1. The van der Waals surface area contributed by atoms with Crippen LogP contribution in [-0.4, -0.2) is 53.9 Å². The Kier molecular flexibility index (Phi) is 5.42. The topological polar surface area (TPSA) is 56.4 Å². The fraction of sp³-hybridized carbons (Fsp3) is 0.250. The van der Waals surface area contributed by atoms with Gasteiger partial charge in [0.1, 0.15) is 25.2 Å². The molecule has 2 aromatic heterocycles. The lowest BCUT2D eigenvalue weighted by Gasteiger charge is -2.23. The molecule has 0 radical (unpaired) electrons. The molecule has 30 heavy (non-hydrogen) atoms. The van der Waals surface area contributed by atoms with E-state index in [2.05, 4.69) is 74.6 Å². The quantitative estimate of drug-likeness (QED) is 0.522. The van der Waals surface area contributed by atoms with Crippen molar-refractivity contribution in [2.75, 3.05) is 44.7 Å². The van der Waals surface area contributed by atoms with Crippen molar-refractivity contribution in [2.45, 2.75) is 0 Å². The third-order valence-corrected chi connectivity index (χ3v) is 5.67. The number of ether oxygens (including phenoxy) is 1. The van der Waals surface area contributed by atoms with Gasteiger partial charge in [0.05, 0.1) is 31.7 Å². The summed E-state index contributed by atoms with van der Waals surface area (Å²) in [6, 6.07) is 20.8. The van der Waals surface area contributed by atoms with E-state index in [1.165, 1.54) is 0 Å². The molecule has 5 rings (SSSR count). The van der Waals surface area contributed by atoms with Gasteiger partial charge in [-0.2, -0.15) is 0 Å². The summed E-state index contributed by atoms with van der Waals surface area (Å²) in [4.78, 5) is 10.8. The molecule has 3 heterocycles. The van der Waals surface area contributed by atoms with Crippen molar-refractivity contribution in [3.63, 3.8) is 0 Å². The molecule has 0 spiro atoms. The van der Waals surface area contributed by atoms with Crippen LogP contribution >= 0.6 is 0 Å². The lowest BCUT2D eigenvalue weighted by molar-refractivity contribution is -0.906. The summed E-state index contributed by atoms with van der Waals surface area (Å²) >= 11 is 0. The van der Waals surface area contributed by atoms with Crippen LogP contribution in [0.5, 0.6) is 0 Å². The molecular formula is C24H26N5O+. The van der Waals surface area contributed by atoms with Gasteiger partial charge in [-0.05, 0) is 17.7 Å². The third-order valence-electron chi connectivity index (χ3n) is 5.67.